The molecule has 0 bridgehead atoms. The highest BCUT2D eigenvalue weighted by molar-refractivity contribution is 6.59. The van der Waals surface area contributed by atoms with E-state index in [0.717, 1.165) is 18.2 Å². The fraction of sp³-hybridized carbons (Fsp3) is 0.333. The quantitative estimate of drug-likeness (QED) is 0.401. The normalized spacial score (nSPS) is 18.5. The monoisotopic (exact) mass is 503 g/mol. The van der Waals surface area contributed by atoms with Gasteiger partial charge in [-0.2, -0.15) is 13.2 Å². The molecule has 3 rings (SSSR count). The van der Waals surface area contributed by atoms with Crippen LogP contribution >= 0.6 is 11.6 Å². The lowest BCUT2D eigenvalue weighted by Gasteiger charge is -2.28. The first kappa shape index (κ1) is 25.0. The van der Waals surface area contributed by atoms with Gasteiger partial charge in [0.2, 0.25) is 11.8 Å². The molecule has 0 saturated carbocycles. The summed E-state index contributed by atoms with van der Waals surface area (Å²) in [5, 5.41) is 5.79. The predicted molar refractivity (Wildman–Crippen MR) is 117 cm³/mol. The van der Waals surface area contributed by atoms with Crippen molar-refractivity contribution in [1.82, 2.24) is 15.6 Å². The predicted octanol–water partition coefficient (Wildman–Crippen LogP) is 2.93. The lowest BCUT2D eigenvalue weighted by atomic mass is 10.1. The van der Waals surface area contributed by atoms with Gasteiger partial charge in [0.1, 0.15) is 11.6 Å². The third-order valence-corrected chi connectivity index (χ3v) is 7.90. The zero-order valence-electron chi connectivity index (χ0n) is 17.3. The Hall–Kier alpha value is -2.63. The SMILES string of the molecule is O=C(COc1ccc(Cl)c(F)c1)N[Si@H]1CC[C@H](C(=O)NCc2ccc(C(F)(F)F)cc2)NC1. The molecule has 1 aliphatic rings. The van der Waals surface area contributed by atoms with E-state index in [-0.39, 0.29) is 35.7 Å². The summed E-state index contributed by atoms with van der Waals surface area (Å²) in [5.41, 5.74) is -0.178. The number of hydrogen-bond acceptors (Lipinski definition) is 4. The van der Waals surface area contributed by atoms with Gasteiger partial charge in [0.05, 0.1) is 16.6 Å². The van der Waals surface area contributed by atoms with Crippen molar-refractivity contribution < 1.29 is 31.9 Å². The number of ether oxygens (including phenoxy) is 1. The molecule has 1 aliphatic heterocycles. The van der Waals surface area contributed by atoms with Crippen molar-refractivity contribution in [2.24, 2.45) is 0 Å². The van der Waals surface area contributed by atoms with Gasteiger partial charge in [0.25, 0.3) is 0 Å². The van der Waals surface area contributed by atoms with Gasteiger partial charge in [-0.25, -0.2) is 4.39 Å². The third-order valence-electron chi connectivity index (χ3n) is 5.11. The number of benzene rings is 2. The van der Waals surface area contributed by atoms with Gasteiger partial charge in [-0.15, -0.1) is 0 Å². The Bertz CT molecular complexity index is 984. The molecule has 1 saturated heterocycles. The van der Waals surface area contributed by atoms with Crippen molar-refractivity contribution in [1.29, 1.82) is 0 Å². The van der Waals surface area contributed by atoms with Gasteiger partial charge < -0.3 is 20.4 Å². The molecule has 2 aromatic carbocycles. The molecule has 2 amide bonds. The second-order valence-electron chi connectivity index (χ2n) is 7.58. The van der Waals surface area contributed by atoms with Gasteiger partial charge >= 0.3 is 6.18 Å². The zero-order chi connectivity index (χ0) is 24.0. The van der Waals surface area contributed by atoms with E-state index in [9.17, 15) is 27.2 Å². The van der Waals surface area contributed by atoms with Crippen LogP contribution in [0.5, 0.6) is 5.75 Å². The summed E-state index contributed by atoms with van der Waals surface area (Å²) >= 11 is 5.60. The minimum absolute atomic E-state index is 0.0366. The van der Waals surface area contributed by atoms with E-state index in [4.69, 9.17) is 16.3 Å². The number of halogens is 5. The van der Waals surface area contributed by atoms with Gasteiger partial charge in [0, 0.05) is 18.8 Å². The van der Waals surface area contributed by atoms with Crippen molar-refractivity contribution in [3.8, 4) is 5.75 Å². The topological polar surface area (TPSA) is 79.5 Å². The molecular weight excluding hydrogens is 482 g/mol. The fourth-order valence-corrected chi connectivity index (χ4v) is 5.72. The molecule has 2 aromatic rings. The summed E-state index contributed by atoms with van der Waals surface area (Å²) in [6.45, 7) is -0.142. The number of carbonyl (C=O) groups excluding carboxylic acids is 2. The van der Waals surface area contributed by atoms with Gasteiger partial charge in [-0.1, -0.05) is 23.7 Å². The Morgan fingerprint density at radius 3 is 2.52 bits per heavy atom. The molecular formula is C21H22ClF4N3O3Si. The van der Waals surface area contributed by atoms with E-state index >= 15 is 0 Å². The molecule has 12 heteroatoms. The minimum atomic E-state index is -4.40. The van der Waals surface area contributed by atoms with Gasteiger partial charge in [-0.05, 0) is 42.3 Å². The molecule has 0 radical (unpaired) electrons. The summed E-state index contributed by atoms with van der Waals surface area (Å²) in [7, 11) is -1.68. The number of rotatable bonds is 7. The molecule has 2 atom stereocenters. The molecule has 3 N–H and O–H groups in total. The van der Waals surface area contributed by atoms with Crippen LogP contribution in [0.1, 0.15) is 17.5 Å². The van der Waals surface area contributed by atoms with Crippen LogP contribution in [0.4, 0.5) is 17.6 Å². The average molecular weight is 504 g/mol. The Kier molecular flexibility index (Phi) is 8.33. The molecule has 0 aromatic heterocycles. The minimum Gasteiger partial charge on any atom is -0.484 e. The molecule has 1 heterocycles. The van der Waals surface area contributed by atoms with Crippen LogP contribution in [0, 0.1) is 5.82 Å². The van der Waals surface area contributed by atoms with Crippen molar-refractivity contribution in [2.45, 2.75) is 31.2 Å². The maximum absolute atomic E-state index is 13.4. The fourth-order valence-electron chi connectivity index (χ4n) is 3.31. The largest absolute Gasteiger partial charge is 0.484 e. The molecule has 0 aliphatic carbocycles. The molecule has 0 spiro atoms. The summed E-state index contributed by atoms with van der Waals surface area (Å²) in [6, 6.07) is 8.77. The first-order chi connectivity index (χ1) is 15.6. The van der Waals surface area contributed by atoms with Crippen LogP contribution in [-0.2, 0) is 22.3 Å². The molecule has 0 unspecified atom stereocenters. The van der Waals surface area contributed by atoms with Crippen molar-refractivity contribution in [3.63, 3.8) is 0 Å². The van der Waals surface area contributed by atoms with E-state index < -0.39 is 32.6 Å². The van der Waals surface area contributed by atoms with E-state index in [2.05, 4.69) is 15.6 Å². The lowest BCUT2D eigenvalue weighted by Crippen LogP contribution is -2.57. The Labute approximate surface area is 194 Å². The smallest absolute Gasteiger partial charge is 0.416 e. The summed E-state index contributed by atoms with van der Waals surface area (Å²) in [5.74, 6) is -1.01. The Morgan fingerprint density at radius 2 is 1.91 bits per heavy atom. The van der Waals surface area contributed by atoms with Crippen LogP contribution < -0.4 is 20.4 Å². The highest BCUT2D eigenvalue weighted by Gasteiger charge is 2.30. The van der Waals surface area contributed by atoms with Crippen LogP contribution in [0.25, 0.3) is 0 Å². The second-order valence-corrected chi connectivity index (χ2v) is 10.7. The first-order valence-corrected chi connectivity index (χ1v) is 12.7. The maximum atomic E-state index is 13.4. The van der Waals surface area contributed by atoms with Crippen molar-refractivity contribution in [3.05, 3.63) is 64.4 Å². The van der Waals surface area contributed by atoms with Crippen LogP contribution in [-0.4, -0.2) is 39.6 Å². The zero-order valence-corrected chi connectivity index (χ0v) is 19.3. The van der Waals surface area contributed by atoms with E-state index in [0.29, 0.717) is 24.2 Å². The summed E-state index contributed by atoms with van der Waals surface area (Å²) < 4.78 is 56.5. The number of nitrogens with one attached hydrogen (secondary N) is 3. The first-order valence-electron chi connectivity index (χ1n) is 10.2. The van der Waals surface area contributed by atoms with Crippen LogP contribution in [0.3, 0.4) is 0 Å². The standard InChI is InChI=1S/C21H22ClF4N3O3Si/c22-16-6-5-15(9-17(16)23)32-11-19(30)29-33-8-7-18(28-12-33)20(31)27-10-13-1-3-14(4-2-13)21(24,25)26/h1-6,9,18,28,33H,7-8,10-12H2,(H,27,31)(H,29,30)/t18-,33+/m1/s1. The number of hydrogen-bond donors (Lipinski definition) is 3. The molecule has 1 fully saturated rings. The van der Waals surface area contributed by atoms with E-state index in [1.165, 1.54) is 24.3 Å². The second kappa shape index (κ2) is 11.0. The van der Waals surface area contributed by atoms with Crippen LogP contribution in [0.2, 0.25) is 11.1 Å². The van der Waals surface area contributed by atoms with Gasteiger partial charge in [-0.3, -0.25) is 9.59 Å². The van der Waals surface area contributed by atoms with Crippen molar-refractivity contribution in [2.75, 3.05) is 12.8 Å². The Morgan fingerprint density at radius 1 is 1.18 bits per heavy atom. The average Bonchev–Trinajstić information content (AvgIpc) is 2.78. The molecule has 178 valence electrons. The lowest BCUT2D eigenvalue weighted by molar-refractivity contribution is -0.137. The third kappa shape index (κ3) is 7.44. The number of carbonyl (C=O) groups is 2. The summed E-state index contributed by atoms with van der Waals surface area (Å²) in [6.07, 6.45) is -3.37. The van der Waals surface area contributed by atoms with E-state index in [1.54, 1.807) is 0 Å². The van der Waals surface area contributed by atoms with Crippen molar-refractivity contribution >= 4 is 32.4 Å². The molecule has 33 heavy (non-hydrogen) atoms. The summed E-state index contributed by atoms with van der Waals surface area (Å²) in [4.78, 5) is 27.4. The highest BCUT2D eigenvalue weighted by atomic mass is 35.5. The maximum Gasteiger partial charge on any atom is 0.416 e. The Balaban J connectivity index is 1.36. The highest BCUT2D eigenvalue weighted by Crippen LogP contribution is 2.29. The van der Waals surface area contributed by atoms with E-state index in [1.807, 2.05) is 0 Å². The van der Waals surface area contributed by atoms with Crippen LogP contribution in [0.15, 0.2) is 42.5 Å². The number of amides is 2. The number of alkyl halides is 3. The van der Waals surface area contributed by atoms with Gasteiger partial charge in [0.15, 0.2) is 15.6 Å². The molecule has 6 nitrogen and oxygen atoms in total.